The van der Waals surface area contributed by atoms with E-state index in [-0.39, 0.29) is 11.9 Å². The van der Waals surface area contributed by atoms with E-state index in [9.17, 15) is 4.79 Å². The maximum atomic E-state index is 12.6. The van der Waals surface area contributed by atoms with Crippen molar-refractivity contribution in [3.8, 4) is 5.75 Å². The highest BCUT2D eigenvalue weighted by molar-refractivity contribution is 6.32. The number of carbonyl (C=O) groups excluding carboxylic acids is 1. The average Bonchev–Trinajstić information content (AvgIpc) is 2.48. The third-order valence-corrected chi connectivity index (χ3v) is 3.59. The fraction of sp³-hybridized carbons (Fsp3) is 0.235. The Morgan fingerprint density at radius 1 is 1.18 bits per heavy atom. The van der Waals surface area contributed by atoms with Gasteiger partial charge in [-0.25, -0.2) is 0 Å². The van der Waals surface area contributed by atoms with Gasteiger partial charge in [0, 0.05) is 5.69 Å². The van der Waals surface area contributed by atoms with Gasteiger partial charge in [-0.2, -0.15) is 0 Å². The normalized spacial score (nSPS) is 12.0. The molecule has 0 heterocycles. The van der Waals surface area contributed by atoms with Crippen LogP contribution in [0.1, 0.15) is 11.6 Å². The number of nitrogens with one attached hydrogen (secondary N) is 1. The number of rotatable bonds is 5. The number of carbonyl (C=O) groups is 1. The van der Waals surface area contributed by atoms with E-state index < -0.39 is 0 Å². The van der Waals surface area contributed by atoms with Crippen LogP contribution in [0.3, 0.4) is 0 Å². The van der Waals surface area contributed by atoms with Crippen molar-refractivity contribution in [2.45, 2.75) is 6.04 Å². The Morgan fingerprint density at radius 3 is 2.41 bits per heavy atom. The van der Waals surface area contributed by atoms with Crippen molar-refractivity contribution >= 4 is 23.2 Å². The number of anilines is 1. The van der Waals surface area contributed by atoms with Crippen LogP contribution in [0.25, 0.3) is 0 Å². The third kappa shape index (κ3) is 3.78. The number of nitrogens with zero attached hydrogens (tertiary/aromatic N) is 1. The Balaban J connectivity index is 2.20. The maximum absolute atomic E-state index is 12.6. The number of methoxy groups -OCH3 is 1. The molecule has 0 aliphatic heterocycles. The minimum absolute atomic E-state index is 0.113. The van der Waals surface area contributed by atoms with Crippen molar-refractivity contribution in [2.24, 2.45) is 0 Å². The summed E-state index contributed by atoms with van der Waals surface area (Å²) in [4.78, 5) is 14.5. The van der Waals surface area contributed by atoms with Crippen molar-refractivity contribution in [3.63, 3.8) is 0 Å². The smallest absolute Gasteiger partial charge is 0.246 e. The third-order valence-electron chi connectivity index (χ3n) is 3.30. The summed E-state index contributed by atoms with van der Waals surface area (Å²) in [5.41, 5.74) is 1.57. The van der Waals surface area contributed by atoms with Gasteiger partial charge < -0.3 is 10.1 Å². The number of hydrogen-bond acceptors (Lipinski definition) is 3. The van der Waals surface area contributed by atoms with E-state index in [1.165, 1.54) is 0 Å². The highest BCUT2D eigenvalue weighted by atomic mass is 35.5. The summed E-state index contributed by atoms with van der Waals surface area (Å²) in [6, 6.07) is 14.4. The summed E-state index contributed by atoms with van der Waals surface area (Å²) in [6.07, 6.45) is 0. The van der Waals surface area contributed by atoms with Crippen LogP contribution in [0.2, 0.25) is 5.02 Å². The largest absolute Gasteiger partial charge is 0.495 e. The predicted octanol–water partition coefficient (Wildman–Crippen LogP) is 3.59. The van der Waals surface area contributed by atoms with Gasteiger partial charge in [-0.3, -0.25) is 9.69 Å². The highest BCUT2D eigenvalue weighted by Gasteiger charge is 2.22. The monoisotopic (exact) mass is 318 g/mol. The first-order chi connectivity index (χ1) is 10.5. The van der Waals surface area contributed by atoms with E-state index in [2.05, 4.69) is 5.32 Å². The minimum atomic E-state index is -0.373. The van der Waals surface area contributed by atoms with Crippen LogP contribution in [0.4, 0.5) is 5.69 Å². The molecule has 0 bridgehead atoms. The molecule has 0 saturated heterocycles. The molecule has 0 fully saturated rings. The fourth-order valence-corrected chi connectivity index (χ4v) is 2.53. The van der Waals surface area contributed by atoms with Crippen molar-refractivity contribution in [3.05, 3.63) is 59.1 Å². The zero-order valence-electron chi connectivity index (χ0n) is 12.8. The molecule has 4 nitrogen and oxygen atoms in total. The lowest BCUT2D eigenvalue weighted by Gasteiger charge is -2.24. The molecule has 22 heavy (non-hydrogen) atoms. The minimum Gasteiger partial charge on any atom is -0.495 e. The molecule has 1 amide bonds. The standard InChI is InChI=1S/C17H19ClN2O2/c1-20(2)16(12-7-5-4-6-8-12)17(21)19-13-9-10-15(22-3)14(18)11-13/h4-11,16H,1-3H3,(H,19,21). The highest BCUT2D eigenvalue weighted by Crippen LogP contribution is 2.28. The number of amides is 1. The second-order valence-electron chi connectivity index (χ2n) is 5.12. The van der Waals surface area contributed by atoms with Gasteiger partial charge in [-0.15, -0.1) is 0 Å². The number of ether oxygens (including phenoxy) is 1. The Hall–Kier alpha value is -2.04. The van der Waals surface area contributed by atoms with Crippen LogP contribution in [0.15, 0.2) is 48.5 Å². The van der Waals surface area contributed by atoms with E-state index in [4.69, 9.17) is 16.3 Å². The topological polar surface area (TPSA) is 41.6 Å². The van der Waals surface area contributed by atoms with Gasteiger partial charge in [0.05, 0.1) is 12.1 Å². The maximum Gasteiger partial charge on any atom is 0.246 e. The van der Waals surface area contributed by atoms with Gasteiger partial charge in [-0.05, 0) is 37.9 Å². The zero-order valence-corrected chi connectivity index (χ0v) is 13.6. The molecule has 2 rings (SSSR count). The summed E-state index contributed by atoms with van der Waals surface area (Å²) < 4.78 is 5.11. The number of benzene rings is 2. The van der Waals surface area contributed by atoms with Crippen LogP contribution in [-0.4, -0.2) is 32.0 Å². The fourth-order valence-electron chi connectivity index (χ4n) is 2.27. The van der Waals surface area contributed by atoms with Crippen LogP contribution < -0.4 is 10.1 Å². The molecule has 0 saturated carbocycles. The SMILES string of the molecule is COc1ccc(NC(=O)C(c2ccccc2)N(C)C)cc1Cl. The Labute approximate surface area is 135 Å². The number of hydrogen-bond donors (Lipinski definition) is 1. The van der Waals surface area contributed by atoms with Crippen molar-refractivity contribution in [2.75, 3.05) is 26.5 Å². The quantitative estimate of drug-likeness (QED) is 0.916. The summed E-state index contributed by atoms with van der Waals surface area (Å²) in [6.45, 7) is 0. The number of likely N-dealkylation sites (N-methyl/N-ethyl adjacent to an activating group) is 1. The number of halogens is 1. The molecule has 0 radical (unpaired) electrons. The summed E-state index contributed by atoms with van der Waals surface area (Å²) in [5.74, 6) is 0.462. The molecule has 1 N–H and O–H groups in total. The Kier molecular flexibility index (Phi) is 5.41. The van der Waals surface area contributed by atoms with Crippen LogP contribution in [0.5, 0.6) is 5.75 Å². The van der Waals surface area contributed by atoms with Crippen molar-refractivity contribution in [1.82, 2.24) is 4.90 Å². The Morgan fingerprint density at radius 2 is 1.86 bits per heavy atom. The van der Waals surface area contributed by atoms with E-state index in [0.717, 1.165) is 5.56 Å². The van der Waals surface area contributed by atoms with E-state index in [1.54, 1.807) is 25.3 Å². The van der Waals surface area contributed by atoms with Crippen molar-refractivity contribution in [1.29, 1.82) is 0 Å². The van der Waals surface area contributed by atoms with E-state index >= 15 is 0 Å². The van der Waals surface area contributed by atoms with E-state index in [1.807, 2.05) is 49.3 Å². The summed E-state index contributed by atoms with van der Waals surface area (Å²) in [7, 11) is 5.30. The van der Waals surface area contributed by atoms with Gasteiger partial charge >= 0.3 is 0 Å². The van der Waals surface area contributed by atoms with Gasteiger partial charge in [0.2, 0.25) is 5.91 Å². The average molecular weight is 319 g/mol. The van der Waals surface area contributed by atoms with Crippen molar-refractivity contribution < 1.29 is 9.53 Å². The lowest BCUT2D eigenvalue weighted by molar-refractivity contribution is -0.120. The first-order valence-corrected chi connectivity index (χ1v) is 7.26. The lowest BCUT2D eigenvalue weighted by Crippen LogP contribution is -2.32. The second kappa shape index (κ2) is 7.29. The van der Waals surface area contributed by atoms with Crippen LogP contribution in [-0.2, 0) is 4.79 Å². The molecular weight excluding hydrogens is 300 g/mol. The molecule has 2 aromatic rings. The molecule has 0 aliphatic rings. The predicted molar refractivity (Wildman–Crippen MR) is 89.5 cm³/mol. The molecule has 0 aliphatic carbocycles. The first-order valence-electron chi connectivity index (χ1n) is 6.88. The summed E-state index contributed by atoms with van der Waals surface area (Å²) in [5, 5.41) is 3.35. The summed E-state index contributed by atoms with van der Waals surface area (Å²) >= 11 is 6.09. The molecule has 5 heteroatoms. The zero-order chi connectivity index (χ0) is 16.1. The van der Waals surface area contributed by atoms with Crippen LogP contribution >= 0.6 is 11.6 Å². The van der Waals surface area contributed by atoms with Gasteiger partial charge in [0.15, 0.2) is 0 Å². The molecule has 1 unspecified atom stereocenters. The first kappa shape index (κ1) is 16.3. The molecular formula is C17H19ClN2O2. The van der Waals surface area contributed by atoms with Gasteiger partial charge in [0.1, 0.15) is 11.8 Å². The second-order valence-corrected chi connectivity index (χ2v) is 5.52. The molecule has 2 aromatic carbocycles. The Bertz CT molecular complexity index is 644. The molecule has 116 valence electrons. The lowest BCUT2D eigenvalue weighted by atomic mass is 10.1. The van der Waals surface area contributed by atoms with E-state index in [0.29, 0.717) is 16.5 Å². The van der Waals surface area contributed by atoms with Gasteiger partial charge in [-0.1, -0.05) is 41.9 Å². The molecule has 0 aromatic heterocycles. The van der Waals surface area contributed by atoms with Crippen LogP contribution in [0, 0.1) is 0 Å². The molecule has 0 spiro atoms. The molecule has 1 atom stereocenters. The van der Waals surface area contributed by atoms with Gasteiger partial charge in [0.25, 0.3) is 0 Å².